The van der Waals surface area contributed by atoms with Crippen molar-refractivity contribution in [3.8, 4) is 0 Å². The largest absolute Gasteiger partial charge is 0.384 e. The topological polar surface area (TPSA) is 68.1 Å². The van der Waals surface area contributed by atoms with Gasteiger partial charge < -0.3 is 5.32 Å². The number of aromatic nitrogens is 1. The molecule has 82 valence electrons. The Balaban J connectivity index is 2.91. The van der Waals surface area contributed by atoms with E-state index in [0.29, 0.717) is 5.39 Å². The third-order valence-electron chi connectivity index (χ3n) is 2.27. The zero-order valence-corrected chi connectivity index (χ0v) is 8.40. The molecule has 0 saturated carbocycles. The lowest BCUT2D eigenvalue weighted by Crippen LogP contribution is -1.99. The molecule has 5 nitrogen and oxygen atoms in total. The first kappa shape index (κ1) is 10.3. The molecule has 0 aliphatic heterocycles. The predicted octanol–water partition coefficient (Wildman–Crippen LogP) is 2.32. The van der Waals surface area contributed by atoms with Crippen LogP contribution in [0.5, 0.6) is 0 Å². The second-order valence-corrected chi connectivity index (χ2v) is 3.16. The van der Waals surface area contributed by atoms with Gasteiger partial charge in [-0.15, -0.1) is 0 Å². The number of anilines is 1. The normalized spacial score (nSPS) is 10.4. The second kappa shape index (κ2) is 3.73. The average molecular weight is 221 g/mol. The van der Waals surface area contributed by atoms with Crippen LogP contribution in [0.25, 0.3) is 10.9 Å². The van der Waals surface area contributed by atoms with E-state index in [1.54, 1.807) is 19.2 Å². The zero-order valence-electron chi connectivity index (χ0n) is 8.40. The van der Waals surface area contributed by atoms with Crippen LogP contribution < -0.4 is 5.32 Å². The van der Waals surface area contributed by atoms with E-state index < -0.39 is 10.7 Å². The molecule has 1 aromatic heterocycles. The van der Waals surface area contributed by atoms with Crippen molar-refractivity contribution in [1.29, 1.82) is 0 Å². The number of hydrogen-bond donors (Lipinski definition) is 1. The number of nitrogens with zero attached hydrogens (tertiary/aromatic N) is 2. The zero-order chi connectivity index (χ0) is 11.7. The maximum Gasteiger partial charge on any atom is 0.281 e. The fourth-order valence-corrected chi connectivity index (χ4v) is 1.58. The first-order valence-electron chi connectivity index (χ1n) is 4.54. The van der Waals surface area contributed by atoms with Crippen molar-refractivity contribution in [2.24, 2.45) is 0 Å². The molecule has 0 fully saturated rings. The van der Waals surface area contributed by atoms with E-state index in [2.05, 4.69) is 10.3 Å². The minimum atomic E-state index is -0.680. The molecule has 1 N–H and O–H groups in total. The molecule has 1 aromatic carbocycles. The van der Waals surface area contributed by atoms with Crippen LogP contribution in [-0.4, -0.2) is 17.0 Å². The molecule has 0 saturated heterocycles. The molecular formula is C10H8FN3O2. The van der Waals surface area contributed by atoms with Crippen molar-refractivity contribution in [1.82, 2.24) is 4.98 Å². The summed E-state index contributed by atoms with van der Waals surface area (Å²) in [4.78, 5) is 14.1. The third-order valence-corrected chi connectivity index (χ3v) is 2.27. The lowest BCUT2D eigenvalue weighted by molar-refractivity contribution is -0.383. The van der Waals surface area contributed by atoms with Gasteiger partial charge in [-0.2, -0.15) is 0 Å². The van der Waals surface area contributed by atoms with Crippen molar-refractivity contribution in [2.75, 3.05) is 12.4 Å². The Kier molecular flexibility index (Phi) is 2.40. The number of hydrogen-bond acceptors (Lipinski definition) is 4. The highest BCUT2D eigenvalue weighted by Gasteiger charge is 2.18. The SMILES string of the molecule is CNc1c(F)cc([N+](=O)[O-])c2cccnc12. The van der Waals surface area contributed by atoms with Gasteiger partial charge in [-0.05, 0) is 12.1 Å². The highest BCUT2D eigenvalue weighted by atomic mass is 19.1. The predicted molar refractivity (Wildman–Crippen MR) is 57.9 cm³/mol. The van der Waals surface area contributed by atoms with Crippen molar-refractivity contribution in [3.63, 3.8) is 0 Å². The van der Waals surface area contributed by atoms with Gasteiger partial charge in [0.15, 0.2) is 5.82 Å². The summed E-state index contributed by atoms with van der Waals surface area (Å²) in [6.45, 7) is 0. The summed E-state index contributed by atoms with van der Waals surface area (Å²) in [6.07, 6.45) is 1.46. The second-order valence-electron chi connectivity index (χ2n) is 3.16. The number of nitrogens with one attached hydrogen (secondary N) is 1. The molecule has 2 aromatic rings. The standard InChI is InChI=1S/C10H8FN3O2/c1-12-10-7(11)5-8(14(15)16)6-3-2-4-13-9(6)10/h2-5,12H,1H3. The van der Waals surface area contributed by atoms with E-state index in [1.165, 1.54) is 6.20 Å². The fourth-order valence-electron chi connectivity index (χ4n) is 1.58. The minimum Gasteiger partial charge on any atom is -0.384 e. The number of benzene rings is 1. The van der Waals surface area contributed by atoms with Crippen molar-refractivity contribution in [2.45, 2.75) is 0 Å². The summed E-state index contributed by atoms with van der Waals surface area (Å²) in [5.74, 6) is -0.680. The molecule has 0 atom stereocenters. The molecular weight excluding hydrogens is 213 g/mol. The first-order chi connectivity index (χ1) is 7.65. The Hall–Kier alpha value is -2.24. The van der Waals surface area contributed by atoms with Crippen LogP contribution in [-0.2, 0) is 0 Å². The Morgan fingerprint density at radius 3 is 2.94 bits per heavy atom. The van der Waals surface area contributed by atoms with E-state index in [4.69, 9.17) is 0 Å². The van der Waals surface area contributed by atoms with Crippen LogP contribution >= 0.6 is 0 Å². The van der Waals surface area contributed by atoms with E-state index >= 15 is 0 Å². The van der Waals surface area contributed by atoms with Gasteiger partial charge in [0.25, 0.3) is 5.69 Å². The number of nitro groups is 1. The molecule has 0 unspecified atom stereocenters. The van der Waals surface area contributed by atoms with Crippen molar-refractivity contribution >= 4 is 22.3 Å². The molecule has 6 heteroatoms. The molecule has 0 radical (unpaired) electrons. The van der Waals surface area contributed by atoms with Gasteiger partial charge in [-0.3, -0.25) is 15.1 Å². The molecule has 0 spiro atoms. The molecule has 2 rings (SSSR count). The van der Waals surface area contributed by atoms with E-state index in [9.17, 15) is 14.5 Å². The van der Waals surface area contributed by atoms with Crippen LogP contribution in [0.2, 0.25) is 0 Å². The lowest BCUT2D eigenvalue weighted by Gasteiger charge is -2.06. The minimum absolute atomic E-state index is 0.168. The van der Waals surface area contributed by atoms with Gasteiger partial charge in [0, 0.05) is 13.2 Å². The molecule has 0 bridgehead atoms. The number of nitro benzene ring substituents is 1. The highest BCUT2D eigenvalue weighted by molar-refractivity contribution is 5.96. The maximum atomic E-state index is 13.5. The lowest BCUT2D eigenvalue weighted by atomic mass is 10.1. The summed E-state index contributed by atoms with van der Waals surface area (Å²) in [5.41, 5.74) is 0.150. The quantitative estimate of drug-likeness (QED) is 0.624. The maximum absolute atomic E-state index is 13.5. The molecule has 16 heavy (non-hydrogen) atoms. The van der Waals surface area contributed by atoms with Crippen LogP contribution in [0.1, 0.15) is 0 Å². The van der Waals surface area contributed by atoms with Gasteiger partial charge in [0.1, 0.15) is 5.52 Å². The van der Waals surface area contributed by atoms with Crippen molar-refractivity contribution in [3.05, 3.63) is 40.3 Å². The Bertz CT molecular complexity index is 571. The van der Waals surface area contributed by atoms with E-state index in [-0.39, 0.29) is 16.9 Å². The van der Waals surface area contributed by atoms with Crippen LogP contribution in [0.4, 0.5) is 15.8 Å². The summed E-state index contributed by atoms with van der Waals surface area (Å²) in [5, 5.41) is 13.7. The summed E-state index contributed by atoms with van der Waals surface area (Å²) in [6, 6.07) is 4.02. The molecule has 1 heterocycles. The Morgan fingerprint density at radius 2 is 2.31 bits per heavy atom. The third kappa shape index (κ3) is 1.44. The number of halogens is 1. The Morgan fingerprint density at radius 1 is 1.56 bits per heavy atom. The van der Waals surface area contributed by atoms with Crippen LogP contribution in [0.3, 0.4) is 0 Å². The Labute approximate surface area is 90.1 Å². The van der Waals surface area contributed by atoms with Crippen molar-refractivity contribution < 1.29 is 9.31 Å². The van der Waals surface area contributed by atoms with E-state index in [0.717, 1.165) is 6.07 Å². The van der Waals surface area contributed by atoms with Gasteiger partial charge in [-0.1, -0.05) is 0 Å². The summed E-state index contributed by atoms with van der Waals surface area (Å²) in [7, 11) is 1.54. The van der Waals surface area contributed by atoms with Gasteiger partial charge in [0.05, 0.1) is 22.1 Å². The number of pyridine rings is 1. The van der Waals surface area contributed by atoms with Crippen LogP contribution in [0, 0.1) is 15.9 Å². The van der Waals surface area contributed by atoms with Gasteiger partial charge in [0.2, 0.25) is 0 Å². The monoisotopic (exact) mass is 221 g/mol. The number of non-ortho nitro benzene ring substituents is 1. The van der Waals surface area contributed by atoms with Gasteiger partial charge >= 0.3 is 0 Å². The average Bonchev–Trinajstić information content (AvgIpc) is 2.28. The summed E-state index contributed by atoms with van der Waals surface area (Å²) < 4.78 is 13.5. The number of fused-ring (bicyclic) bond motifs is 1. The van der Waals surface area contributed by atoms with Crippen LogP contribution in [0.15, 0.2) is 24.4 Å². The number of rotatable bonds is 2. The highest BCUT2D eigenvalue weighted by Crippen LogP contribution is 2.32. The molecule has 0 aliphatic carbocycles. The van der Waals surface area contributed by atoms with E-state index in [1.807, 2.05) is 0 Å². The smallest absolute Gasteiger partial charge is 0.281 e. The van der Waals surface area contributed by atoms with Gasteiger partial charge in [-0.25, -0.2) is 4.39 Å². The fraction of sp³-hybridized carbons (Fsp3) is 0.100. The summed E-state index contributed by atoms with van der Waals surface area (Å²) >= 11 is 0. The first-order valence-corrected chi connectivity index (χ1v) is 4.54. The molecule has 0 amide bonds. The molecule has 0 aliphatic rings.